The van der Waals surface area contributed by atoms with Crippen molar-refractivity contribution in [3.05, 3.63) is 0 Å². The summed E-state index contributed by atoms with van der Waals surface area (Å²) in [5.41, 5.74) is 0. The fourth-order valence-corrected chi connectivity index (χ4v) is 5.44. The molecule has 6 heteroatoms. The standard InChI is InChI=1S/C38H72O6/c1-4-7-10-13-16-18-19-20-23-25-28-31-37(40)43-34-35(33-42-36(39)30-27-24-21-15-12-9-6-3)44-38(41)32-29-26-22-17-14-11-8-5-2/h35H,4-34H2,1-3H3. The SMILES string of the molecule is CCCCCCCCCCCCCC(=O)OCC(COC(=O)CCCCCCCCC)OC(=O)CCCCCCCCCC. The first-order valence-corrected chi connectivity index (χ1v) is 19.0. The highest BCUT2D eigenvalue weighted by Gasteiger charge is 2.19. The van der Waals surface area contributed by atoms with Gasteiger partial charge in [-0.3, -0.25) is 14.4 Å². The lowest BCUT2D eigenvalue weighted by Gasteiger charge is -2.18. The first-order valence-electron chi connectivity index (χ1n) is 19.0. The minimum absolute atomic E-state index is 0.0647. The Kier molecular flexibility index (Phi) is 33.0. The molecule has 0 aromatic heterocycles. The van der Waals surface area contributed by atoms with Crippen molar-refractivity contribution in [1.29, 1.82) is 0 Å². The van der Waals surface area contributed by atoms with E-state index in [4.69, 9.17) is 14.2 Å². The smallest absolute Gasteiger partial charge is 0.306 e. The Balaban J connectivity index is 4.31. The first kappa shape index (κ1) is 42.4. The molecule has 0 spiro atoms. The van der Waals surface area contributed by atoms with Crippen LogP contribution >= 0.6 is 0 Å². The summed E-state index contributed by atoms with van der Waals surface area (Å²) < 4.78 is 16.5. The van der Waals surface area contributed by atoms with Gasteiger partial charge < -0.3 is 14.2 Å². The molecule has 0 radical (unpaired) electrons. The van der Waals surface area contributed by atoms with Crippen LogP contribution in [0.15, 0.2) is 0 Å². The Hall–Kier alpha value is -1.59. The summed E-state index contributed by atoms with van der Waals surface area (Å²) in [5.74, 6) is -0.875. The molecule has 0 bridgehead atoms. The maximum Gasteiger partial charge on any atom is 0.306 e. The molecule has 0 saturated heterocycles. The topological polar surface area (TPSA) is 78.9 Å². The van der Waals surface area contributed by atoms with E-state index in [1.165, 1.54) is 109 Å². The quantitative estimate of drug-likeness (QED) is 0.0402. The molecule has 0 aromatic rings. The zero-order chi connectivity index (χ0) is 32.4. The Morgan fingerprint density at radius 3 is 0.909 bits per heavy atom. The van der Waals surface area contributed by atoms with Crippen molar-refractivity contribution in [3.63, 3.8) is 0 Å². The van der Waals surface area contributed by atoms with E-state index in [-0.39, 0.29) is 31.1 Å². The number of ether oxygens (including phenoxy) is 3. The first-order chi connectivity index (χ1) is 21.5. The van der Waals surface area contributed by atoms with Crippen molar-refractivity contribution in [3.8, 4) is 0 Å². The maximum absolute atomic E-state index is 12.5. The van der Waals surface area contributed by atoms with Gasteiger partial charge in [0, 0.05) is 19.3 Å². The number of hydrogen-bond acceptors (Lipinski definition) is 6. The summed E-state index contributed by atoms with van der Waals surface area (Å²) in [4.78, 5) is 37.2. The molecule has 0 amide bonds. The van der Waals surface area contributed by atoms with Gasteiger partial charge >= 0.3 is 17.9 Å². The fourth-order valence-electron chi connectivity index (χ4n) is 5.44. The van der Waals surface area contributed by atoms with E-state index in [0.717, 1.165) is 57.8 Å². The molecule has 0 fully saturated rings. The van der Waals surface area contributed by atoms with Crippen molar-refractivity contribution in [2.75, 3.05) is 13.2 Å². The van der Waals surface area contributed by atoms with Gasteiger partial charge in [-0.2, -0.15) is 0 Å². The molecular weight excluding hydrogens is 552 g/mol. The lowest BCUT2D eigenvalue weighted by molar-refractivity contribution is -0.167. The van der Waals surface area contributed by atoms with Crippen LogP contribution < -0.4 is 0 Å². The second-order valence-corrected chi connectivity index (χ2v) is 12.9. The van der Waals surface area contributed by atoms with Crippen molar-refractivity contribution in [2.24, 2.45) is 0 Å². The van der Waals surface area contributed by atoms with Gasteiger partial charge in [-0.1, -0.05) is 168 Å². The summed E-state index contributed by atoms with van der Waals surface area (Å²) in [6, 6.07) is 0. The molecule has 0 aromatic carbocycles. The fraction of sp³-hybridized carbons (Fsp3) is 0.921. The average Bonchev–Trinajstić information content (AvgIpc) is 3.02. The van der Waals surface area contributed by atoms with E-state index in [9.17, 15) is 14.4 Å². The monoisotopic (exact) mass is 625 g/mol. The molecule has 6 nitrogen and oxygen atoms in total. The molecule has 0 aliphatic heterocycles. The summed E-state index contributed by atoms with van der Waals surface area (Å²) >= 11 is 0. The predicted octanol–water partition coefficient (Wildman–Crippen LogP) is 11.4. The number of unbranched alkanes of at least 4 members (excludes halogenated alkanes) is 23. The van der Waals surface area contributed by atoms with Crippen LogP contribution in [0.5, 0.6) is 0 Å². The van der Waals surface area contributed by atoms with Crippen LogP contribution in [0.25, 0.3) is 0 Å². The van der Waals surface area contributed by atoms with Crippen LogP contribution in [-0.4, -0.2) is 37.2 Å². The van der Waals surface area contributed by atoms with Gasteiger partial charge in [-0.15, -0.1) is 0 Å². The molecule has 44 heavy (non-hydrogen) atoms. The zero-order valence-electron chi connectivity index (χ0n) is 29.4. The number of esters is 3. The number of carbonyl (C=O) groups excluding carboxylic acids is 3. The van der Waals surface area contributed by atoms with E-state index in [0.29, 0.717) is 19.3 Å². The van der Waals surface area contributed by atoms with Crippen molar-refractivity contribution in [2.45, 2.75) is 213 Å². The Labute approximate surface area is 272 Å². The molecule has 1 atom stereocenters. The van der Waals surface area contributed by atoms with Crippen LogP contribution in [0.2, 0.25) is 0 Å². The summed E-state index contributed by atoms with van der Waals surface area (Å²) in [5, 5.41) is 0. The van der Waals surface area contributed by atoms with E-state index in [2.05, 4.69) is 20.8 Å². The number of carbonyl (C=O) groups is 3. The zero-order valence-corrected chi connectivity index (χ0v) is 29.4. The summed E-state index contributed by atoms with van der Waals surface area (Å²) in [6.07, 6.45) is 31.0. The predicted molar refractivity (Wildman–Crippen MR) is 183 cm³/mol. The highest BCUT2D eigenvalue weighted by atomic mass is 16.6. The molecule has 0 aliphatic carbocycles. The van der Waals surface area contributed by atoms with E-state index < -0.39 is 6.10 Å². The maximum atomic E-state index is 12.5. The van der Waals surface area contributed by atoms with Gasteiger partial charge in [0.2, 0.25) is 0 Å². The van der Waals surface area contributed by atoms with Crippen LogP contribution in [0, 0.1) is 0 Å². The number of hydrogen-bond donors (Lipinski definition) is 0. The second-order valence-electron chi connectivity index (χ2n) is 12.9. The van der Waals surface area contributed by atoms with E-state index >= 15 is 0 Å². The summed E-state index contributed by atoms with van der Waals surface area (Å²) in [7, 11) is 0. The van der Waals surface area contributed by atoms with Crippen molar-refractivity contribution in [1.82, 2.24) is 0 Å². The highest BCUT2D eigenvalue weighted by molar-refractivity contribution is 5.71. The molecule has 0 rings (SSSR count). The molecule has 0 heterocycles. The third kappa shape index (κ3) is 31.8. The largest absolute Gasteiger partial charge is 0.462 e. The molecule has 260 valence electrons. The van der Waals surface area contributed by atoms with Gasteiger partial charge in [0.05, 0.1) is 0 Å². The van der Waals surface area contributed by atoms with Crippen LogP contribution in [-0.2, 0) is 28.6 Å². The normalized spacial score (nSPS) is 11.8. The Morgan fingerprint density at radius 1 is 0.364 bits per heavy atom. The van der Waals surface area contributed by atoms with Gasteiger partial charge in [0.15, 0.2) is 6.10 Å². The Morgan fingerprint density at radius 2 is 0.614 bits per heavy atom. The second kappa shape index (κ2) is 34.3. The lowest BCUT2D eigenvalue weighted by Crippen LogP contribution is -2.30. The minimum atomic E-state index is -0.754. The van der Waals surface area contributed by atoms with Gasteiger partial charge in [0.1, 0.15) is 13.2 Å². The van der Waals surface area contributed by atoms with Crippen LogP contribution in [0.4, 0.5) is 0 Å². The third-order valence-electron chi connectivity index (χ3n) is 8.36. The number of rotatable bonds is 34. The third-order valence-corrected chi connectivity index (χ3v) is 8.36. The van der Waals surface area contributed by atoms with Gasteiger partial charge in [-0.25, -0.2) is 0 Å². The summed E-state index contributed by atoms with van der Waals surface area (Å²) in [6.45, 7) is 6.54. The Bertz CT molecular complexity index is 649. The van der Waals surface area contributed by atoms with Crippen molar-refractivity contribution >= 4 is 17.9 Å². The van der Waals surface area contributed by atoms with E-state index in [1.54, 1.807) is 0 Å². The van der Waals surface area contributed by atoms with Gasteiger partial charge in [0.25, 0.3) is 0 Å². The minimum Gasteiger partial charge on any atom is -0.462 e. The van der Waals surface area contributed by atoms with E-state index in [1.807, 2.05) is 0 Å². The van der Waals surface area contributed by atoms with Crippen molar-refractivity contribution < 1.29 is 28.6 Å². The molecule has 0 N–H and O–H groups in total. The molecular formula is C38H72O6. The molecule has 0 aliphatic rings. The van der Waals surface area contributed by atoms with Gasteiger partial charge in [-0.05, 0) is 19.3 Å². The average molecular weight is 625 g/mol. The lowest BCUT2D eigenvalue weighted by atomic mass is 10.1. The van der Waals surface area contributed by atoms with Crippen LogP contribution in [0.1, 0.15) is 207 Å². The molecule has 0 saturated carbocycles. The highest BCUT2D eigenvalue weighted by Crippen LogP contribution is 2.14. The molecule has 1 unspecified atom stereocenters. The van der Waals surface area contributed by atoms with Crippen LogP contribution in [0.3, 0.4) is 0 Å².